The summed E-state index contributed by atoms with van der Waals surface area (Å²) in [5.41, 5.74) is 0. The summed E-state index contributed by atoms with van der Waals surface area (Å²) in [5, 5.41) is 9.93. The molecule has 88 valence electrons. The Balaban J connectivity index is 2.41. The van der Waals surface area contributed by atoms with Crippen LogP contribution in [0.3, 0.4) is 0 Å². The number of amides is 1. The predicted octanol–water partition coefficient (Wildman–Crippen LogP) is 1.63. The van der Waals surface area contributed by atoms with Gasteiger partial charge in [0.05, 0.1) is 19.3 Å². The number of carbonyl (C=O) groups excluding carboxylic acids is 1. The molecule has 0 bridgehead atoms. The second-order valence-electron chi connectivity index (χ2n) is 4.06. The number of rotatable bonds is 5. The Morgan fingerprint density at radius 1 is 1.47 bits per heavy atom. The maximum Gasteiger partial charge on any atom is 0.409 e. The summed E-state index contributed by atoms with van der Waals surface area (Å²) < 4.78 is 4.91. The maximum atomic E-state index is 11.3. The Morgan fingerprint density at radius 2 is 2.13 bits per heavy atom. The van der Waals surface area contributed by atoms with Gasteiger partial charge in [0.15, 0.2) is 0 Å². The van der Waals surface area contributed by atoms with E-state index in [2.05, 4.69) is 13.8 Å². The molecule has 1 saturated heterocycles. The number of hydrogen-bond acceptors (Lipinski definition) is 3. The first kappa shape index (κ1) is 12.3. The van der Waals surface area contributed by atoms with Crippen LogP contribution >= 0.6 is 0 Å². The number of nitrogens with zero attached hydrogens (tertiary/aromatic N) is 1. The molecule has 0 aromatic rings. The van der Waals surface area contributed by atoms with Gasteiger partial charge in [-0.05, 0) is 12.3 Å². The second-order valence-corrected chi connectivity index (χ2v) is 4.06. The smallest absolute Gasteiger partial charge is 0.409 e. The number of aliphatic hydroxyl groups is 1. The quantitative estimate of drug-likeness (QED) is 0.758. The van der Waals surface area contributed by atoms with Crippen molar-refractivity contribution in [2.75, 3.05) is 19.7 Å². The predicted molar refractivity (Wildman–Crippen MR) is 57.6 cm³/mol. The Bertz CT molecular complexity index is 204. The van der Waals surface area contributed by atoms with Gasteiger partial charge in [0.2, 0.25) is 0 Å². The van der Waals surface area contributed by atoms with E-state index in [9.17, 15) is 9.90 Å². The van der Waals surface area contributed by atoms with Crippen LogP contribution in [0.2, 0.25) is 0 Å². The summed E-state index contributed by atoms with van der Waals surface area (Å²) in [7, 11) is 0. The first-order chi connectivity index (χ1) is 7.19. The van der Waals surface area contributed by atoms with Crippen molar-refractivity contribution >= 4 is 6.09 Å². The fraction of sp³-hybridized carbons (Fsp3) is 0.909. The van der Waals surface area contributed by atoms with E-state index in [1.54, 1.807) is 4.90 Å². The van der Waals surface area contributed by atoms with E-state index in [0.717, 1.165) is 19.3 Å². The number of ether oxygens (including phenoxy) is 1. The van der Waals surface area contributed by atoms with Crippen molar-refractivity contribution in [1.82, 2.24) is 4.90 Å². The van der Waals surface area contributed by atoms with Crippen molar-refractivity contribution in [3.05, 3.63) is 0 Å². The lowest BCUT2D eigenvalue weighted by molar-refractivity contribution is 0.0280. The zero-order valence-corrected chi connectivity index (χ0v) is 9.61. The van der Waals surface area contributed by atoms with Crippen LogP contribution in [0.15, 0.2) is 0 Å². The zero-order chi connectivity index (χ0) is 11.3. The van der Waals surface area contributed by atoms with Crippen molar-refractivity contribution in [3.8, 4) is 0 Å². The number of cyclic esters (lactones) is 1. The van der Waals surface area contributed by atoms with Gasteiger partial charge >= 0.3 is 6.09 Å². The molecule has 4 heteroatoms. The van der Waals surface area contributed by atoms with Gasteiger partial charge in [-0.25, -0.2) is 4.79 Å². The Labute approximate surface area is 91.2 Å². The topological polar surface area (TPSA) is 49.8 Å². The third-order valence-electron chi connectivity index (χ3n) is 3.06. The lowest BCUT2D eigenvalue weighted by atomic mass is 9.96. The second kappa shape index (κ2) is 5.95. The molecule has 1 amide bonds. The molecule has 1 fully saturated rings. The molecule has 0 radical (unpaired) electrons. The van der Waals surface area contributed by atoms with Gasteiger partial charge in [-0.1, -0.05) is 26.7 Å². The van der Waals surface area contributed by atoms with Crippen LogP contribution in [0.4, 0.5) is 4.79 Å². The molecule has 1 aliphatic heterocycles. The molecule has 4 nitrogen and oxygen atoms in total. The fourth-order valence-corrected chi connectivity index (χ4v) is 1.97. The van der Waals surface area contributed by atoms with Gasteiger partial charge < -0.3 is 14.7 Å². The summed E-state index contributed by atoms with van der Waals surface area (Å²) in [6, 6.07) is 0. The molecule has 1 aliphatic rings. The molecule has 0 aliphatic carbocycles. The Morgan fingerprint density at radius 3 is 2.67 bits per heavy atom. The van der Waals surface area contributed by atoms with E-state index in [-0.39, 0.29) is 12.0 Å². The highest BCUT2D eigenvalue weighted by atomic mass is 16.6. The minimum atomic E-state index is -0.425. The minimum Gasteiger partial charge on any atom is -0.449 e. The fourth-order valence-electron chi connectivity index (χ4n) is 1.97. The molecule has 1 N–H and O–H groups in total. The van der Waals surface area contributed by atoms with Crippen LogP contribution in [0, 0.1) is 5.92 Å². The molecule has 1 atom stereocenters. The standard InChI is InChI=1S/C11H21NO3/c1-3-9(4-2)10(13)8-12-6-5-7-15-11(12)14/h9-10,13H,3-8H2,1-2H3. The summed E-state index contributed by atoms with van der Waals surface area (Å²) in [6.45, 7) is 5.75. The maximum absolute atomic E-state index is 11.3. The van der Waals surface area contributed by atoms with Crippen LogP contribution in [0.25, 0.3) is 0 Å². The molecule has 1 unspecified atom stereocenters. The largest absolute Gasteiger partial charge is 0.449 e. The van der Waals surface area contributed by atoms with E-state index >= 15 is 0 Å². The van der Waals surface area contributed by atoms with Crippen LogP contribution in [-0.4, -0.2) is 41.9 Å². The van der Waals surface area contributed by atoms with Gasteiger partial charge in [-0.3, -0.25) is 0 Å². The average Bonchev–Trinajstić information content (AvgIpc) is 2.23. The lowest BCUT2D eigenvalue weighted by Crippen LogP contribution is -2.44. The molecule has 0 aromatic heterocycles. The van der Waals surface area contributed by atoms with Gasteiger partial charge in [-0.2, -0.15) is 0 Å². The Hall–Kier alpha value is -0.770. The van der Waals surface area contributed by atoms with E-state index in [4.69, 9.17) is 4.74 Å². The van der Waals surface area contributed by atoms with Crippen LogP contribution in [0.1, 0.15) is 33.1 Å². The average molecular weight is 215 g/mol. The summed E-state index contributed by atoms with van der Waals surface area (Å²) in [6.07, 6.45) is 2.04. The monoisotopic (exact) mass is 215 g/mol. The van der Waals surface area contributed by atoms with Gasteiger partial charge in [0.1, 0.15) is 0 Å². The summed E-state index contributed by atoms with van der Waals surface area (Å²) >= 11 is 0. The number of hydrogen-bond donors (Lipinski definition) is 1. The van der Waals surface area contributed by atoms with Gasteiger partial charge in [0, 0.05) is 6.54 Å². The summed E-state index contributed by atoms with van der Waals surface area (Å²) in [4.78, 5) is 12.9. The van der Waals surface area contributed by atoms with Crippen molar-refractivity contribution < 1.29 is 14.6 Å². The molecule has 0 saturated carbocycles. The molecule has 0 aromatic carbocycles. The SMILES string of the molecule is CCC(CC)C(O)CN1CCCOC1=O. The first-order valence-corrected chi connectivity index (χ1v) is 5.78. The first-order valence-electron chi connectivity index (χ1n) is 5.78. The van der Waals surface area contributed by atoms with E-state index < -0.39 is 6.10 Å². The van der Waals surface area contributed by atoms with E-state index in [1.165, 1.54) is 0 Å². The number of carbonyl (C=O) groups is 1. The highest BCUT2D eigenvalue weighted by Gasteiger charge is 2.25. The molecule has 1 rings (SSSR count). The highest BCUT2D eigenvalue weighted by molar-refractivity contribution is 5.68. The summed E-state index contributed by atoms with van der Waals surface area (Å²) in [5.74, 6) is 0.278. The zero-order valence-electron chi connectivity index (χ0n) is 9.61. The van der Waals surface area contributed by atoms with E-state index in [1.807, 2.05) is 0 Å². The van der Waals surface area contributed by atoms with Crippen molar-refractivity contribution in [2.24, 2.45) is 5.92 Å². The third kappa shape index (κ3) is 3.38. The van der Waals surface area contributed by atoms with Crippen LogP contribution < -0.4 is 0 Å². The molecule has 1 heterocycles. The molecule has 15 heavy (non-hydrogen) atoms. The van der Waals surface area contributed by atoms with Gasteiger partial charge in [0.25, 0.3) is 0 Å². The number of aliphatic hydroxyl groups excluding tert-OH is 1. The highest BCUT2D eigenvalue weighted by Crippen LogP contribution is 2.15. The lowest BCUT2D eigenvalue weighted by Gasteiger charge is -2.30. The minimum absolute atomic E-state index is 0.278. The Kier molecular flexibility index (Phi) is 4.88. The van der Waals surface area contributed by atoms with Crippen molar-refractivity contribution in [2.45, 2.75) is 39.2 Å². The van der Waals surface area contributed by atoms with Crippen molar-refractivity contribution in [3.63, 3.8) is 0 Å². The number of β-amino-alcohol motifs (C(OH)–C–C–N with tert-alkyl or cyclic N) is 1. The molecular formula is C11H21NO3. The third-order valence-corrected chi connectivity index (χ3v) is 3.06. The van der Waals surface area contributed by atoms with E-state index in [0.29, 0.717) is 19.7 Å². The van der Waals surface area contributed by atoms with Crippen LogP contribution in [-0.2, 0) is 4.74 Å². The van der Waals surface area contributed by atoms with Crippen LogP contribution in [0.5, 0.6) is 0 Å². The normalized spacial score (nSPS) is 19.2. The molecular weight excluding hydrogens is 194 g/mol. The van der Waals surface area contributed by atoms with Gasteiger partial charge in [-0.15, -0.1) is 0 Å². The van der Waals surface area contributed by atoms with Crippen molar-refractivity contribution in [1.29, 1.82) is 0 Å². The molecule has 0 spiro atoms.